The van der Waals surface area contributed by atoms with Crippen molar-refractivity contribution in [3.8, 4) is 0 Å². The van der Waals surface area contributed by atoms with Gasteiger partial charge < -0.3 is 5.21 Å². The molecular weight excluding hydrogens is 166 g/mol. The number of hydrogen-bond acceptors (Lipinski definition) is 3. The van der Waals surface area contributed by atoms with Crippen LogP contribution in [0.3, 0.4) is 0 Å². The summed E-state index contributed by atoms with van der Waals surface area (Å²) in [6.07, 6.45) is 3.44. The van der Waals surface area contributed by atoms with Gasteiger partial charge in [0.05, 0.1) is 0 Å². The van der Waals surface area contributed by atoms with Crippen molar-refractivity contribution in [3.05, 3.63) is 29.6 Å². The van der Waals surface area contributed by atoms with Gasteiger partial charge in [0.1, 0.15) is 0 Å². The van der Waals surface area contributed by atoms with Crippen molar-refractivity contribution in [2.45, 2.75) is 5.03 Å². The molecule has 0 fully saturated rings. The fraction of sp³-hybridized carbons (Fsp3) is 0.167. The number of aromatic nitrogens is 1. The van der Waals surface area contributed by atoms with E-state index in [4.69, 9.17) is 0 Å². The number of nitrogens with zero attached hydrogens (tertiary/aromatic N) is 1. The zero-order valence-corrected chi connectivity index (χ0v) is 7.11. The summed E-state index contributed by atoms with van der Waals surface area (Å²) in [5, 5.41) is 11.6. The lowest BCUT2D eigenvalue weighted by atomic mass is 10.5. The lowest BCUT2D eigenvalue weighted by Crippen LogP contribution is -2.27. The average Bonchev–Trinajstić information content (AvgIpc) is 1.94. The molecule has 0 atom stereocenters. The van der Waals surface area contributed by atoms with Gasteiger partial charge in [0.15, 0.2) is 6.20 Å². The molecule has 0 N–H and O–H groups in total. The minimum absolute atomic E-state index is 0.731. The SMILES string of the molecule is CSSc1cccc[n+]1[O-]. The highest BCUT2D eigenvalue weighted by Gasteiger charge is 2.00. The topological polar surface area (TPSA) is 26.9 Å². The molecule has 1 aromatic heterocycles. The first kappa shape index (κ1) is 7.75. The van der Waals surface area contributed by atoms with Crippen LogP contribution in [0.2, 0.25) is 0 Å². The molecule has 54 valence electrons. The maximum atomic E-state index is 10.9. The average molecular weight is 173 g/mol. The maximum absolute atomic E-state index is 10.9. The summed E-state index contributed by atoms with van der Waals surface area (Å²) < 4.78 is 0.862. The second-order valence-corrected chi connectivity index (χ2v) is 4.03. The van der Waals surface area contributed by atoms with Crippen LogP contribution < -0.4 is 4.73 Å². The zero-order chi connectivity index (χ0) is 7.40. The summed E-state index contributed by atoms with van der Waals surface area (Å²) in [5.41, 5.74) is 0. The molecule has 0 bridgehead atoms. The lowest BCUT2D eigenvalue weighted by molar-refractivity contribution is -0.645. The predicted molar refractivity (Wildman–Crippen MR) is 44.8 cm³/mol. The number of rotatable bonds is 2. The molecule has 0 radical (unpaired) electrons. The molecule has 0 spiro atoms. The molecule has 10 heavy (non-hydrogen) atoms. The molecule has 0 unspecified atom stereocenters. The van der Waals surface area contributed by atoms with Gasteiger partial charge in [0.25, 0.3) is 5.03 Å². The van der Waals surface area contributed by atoms with Crippen molar-refractivity contribution < 1.29 is 4.73 Å². The van der Waals surface area contributed by atoms with Crippen molar-refractivity contribution in [1.82, 2.24) is 0 Å². The Morgan fingerprint density at radius 2 is 2.30 bits per heavy atom. The molecule has 0 aliphatic rings. The van der Waals surface area contributed by atoms with Crippen LogP contribution in [0.25, 0.3) is 0 Å². The minimum Gasteiger partial charge on any atom is -0.618 e. The van der Waals surface area contributed by atoms with E-state index in [1.54, 1.807) is 22.9 Å². The van der Waals surface area contributed by atoms with Crippen LogP contribution in [0.1, 0.15) is 0 Å². The van der Waals surface area contributed by atoms with Gasteiger partial charge in [-0.25, -0.2) is 0 Å². The molecule has 0 saturated carbocycles. The Labute approximate surface area is 67.6 Å². The van der Waals surface area contributed by atoms with E-state index in [-0.39, 0.29) is 0 Å². The first-order chi connectivity index (χ1) is 4.84. The fourth-order valence-electron chi connectivity index (χ4n) is 0.563. The van der Waals surface area contributed by atoms with Crippen LogP contribution in [-0.4, -0.2) is 6.26 Å². The third-order valence-corrected chi connectivity index (χ3v) is 2.62. The Balaban J connectivity index is 2.81. The van der Waals surface area contributed by atoms with Gasteiger partial charge in [-0.2, -0.15) is 4.73 Å². The third kappa shape index (κ3) is 1.82. The first-order valence-electron chi connectivity index (χ1n) is 2.73. The van der Waals surface area contributed by atoms with Crippen molar-refractivity contribution in [3.63, 3.8) is 0 Å². The first-order valence-corrected chi connectivity index (χ1v) is 5.29. The highest BCUT2D eigenvalue weighted by Crippen LogP contribution is 2.24. The van der Waals surface area contributed by atoms with Gasteiger partial charge in [-0.1, -0.05) is 10.8 Å². The van der Waals surface area contributed by atoms with Crippen LogP contribution in [-0.2, 0) is 0 Å². The van der Waals surface area contributed by atoms with E-state index in [9.17, 15) is 5.21 Å². The molecule has 1 rings (SSSR count). The Morgan fingerprint density at radius 1 is 1.50 bits per heavy atom. The van der Waals surface area contributed by atoms with E-state index in [0.29, 0.717) is 0 Å². The van der Waals surface area contributed by atoms with Crippen LogP contribution >= 0.6 is 21.6 Å². The molecule has 4 heteroatoms. The Hall–Kier alpha value is -0.350. The normalized spacial score (nSPS) is 9.70. The van der Waals surface area contributed by atoms with E-state index in [0.717, 1.165) is 9.76 Å². The second kappa shape index (κ2) is 3.73. The van der Waals surface area contributed by atoms with E-state index in [2.05, 4.69) is 0 Å². The van der Waals surface area contributed by atoms with Gasteiger partial charge >= 0.3 is 0 Å². The van der Waals surface area contributed by atoms with Crippen LogP contribution in [0.5, 0.6) is 0 Å². The predicted octanol–water partition coefficient (Wildman–Crippen LogP) is 1.69. The van der Waals surface area contributed by atoms with Gasteiger partial charge in [-0.15, -0.1) is 0 Å². The lowest BCUT2D eigenvalue weighted by Gasteiger charge is -1.98. The standard InChI is InChI=1S/C6H7NOS2/c1-9-10-6-4-2-3-5-7(6)8/h2-5H,1H3. The third-order valence-electron chi connectivity index (χ3n) is 0.957. The molecule has 0 aromatic carbocycles. The summed E-state index contributed by atoms with van der Waals surface area (Å²) >= 11 is 0. The van der Waals surface area contributed by atoms with Crippen molar-refractivity contribution >= 4 is 21.6 Å². The number of pyridine rings is 1. The maximum Gasteiger partial charge on any atom is 0.261 e. The minimum atomic E-state index is 0.731. The molecule has 1 aromatic rings. The molecule has 0 aliphatic heterocycles. The Bertz CT molecular complexity index is 217. The van der Waals surface area contributed by atoms with E-state index < -0.39 is 0 Å². The van der Waals surface area contributed by atoms with Crippen molar-refractivity contribution in [2.24, 2.45) is 0 Å². The van der Waals surface area contributed by atoms with E-state index >= 15 is 0 Å². The summed E-state index contributed by atoms with van der Waals surface area (Å²) in [4.78, 5) is 0. The zero-order valence-electron chi connectivity index (χ0n) is 5.48. The summed E-state index contributed by atoms with van der Waals surface area (Å²) in [7, 11) is 3.03. The largest absolute Gasteiger partial charge is 0.618 e. The van der Waals surface area contributed by atoms with Gasteiger partial charge in [0, 0.05) is 22.9 Å². The molecule has 0 aliphatic carbocycles. The summed E-state index contributed by atoms with van der Waals surface area (Å²) in [5.74, 6) is 0. The fourth-order valence-corrected chi connectivity index (χ4v) is 1.90. The van der Waals surface area contributed by atoms with Gasteiger partial charge in [0.2, 0.25) is 0 Å². The van der Waals surface area contributed by atoms with Crippen molar-refractivity contribution in [1.29, 1.82) is 0 Å². The van der Waals surface area contributed by atoms with Crippen LogP contribution in [0.15, 0.2) is 29.4 Å². The molecule has 2 nitrogen and oxygen atoms in total. The van der Waals surface area contributed by atoms with Crippen molar-refractivity contribution in [2.75, 3.05) is 6.26 Å². The second-order valence-electron chi connectivity index (χ2n) is 1.61. The molecule has 0 amide bonds. The van der Waals surface area contributed by atoms with Crippen LogP contribution in [0.4, 0.5) is 0 Å². The molecule has 1 heterocycles. The van der Waals surface area contributed by atoms with Gasteiger partial charge in [-0.05, 0) is 12.3 Å². The van der Waals surface area contributed by atoms with Gasteiger partial charge in [-0.3, -0.25) is 0 Å². The summed E-state index contributed by atoms with van der Waals surface area (Å²) in [6, 6.07) is 5.37. The smallest absolute Gasteiger partial charge is 0.261 e. The quantitative estimate of drug-likeness (QED) is 0.387. The number of hydrogen-bond donors (Lipinski definition) is 0. The summed E-state index contributed by atoms with van der Waals surface area (Å²) in [6.45, 7) is 0. The van der Waals surface area contributed by atoms with Crippen LogP contribution in [0, 0.1) is 5.21 Å². The Kier molecular flexibility index (Phi) is 2.89. The monoisotopic (exact) mass is 173 g/mol. The highest BCUT2D eigenvalue weighted by molar-refractivity contribution is 8.76. The molecular formula is C6H7NOS2. The molecule has 0 saturated heterocycles. The highest BCUT2D eigenvalue weighted by atomic mass is 33.1. The van der Waals surface area contributed by atoms with E-state index in [1.807, 2.05) is 12.3 Å². The van der Waals surface area contributed by atoms with E-state index in [1.165, 1.54) is 17.0 Å². The Morgan fingerprint density at radius 3 is 2.90 bits per heavy atom.